The number of rotatable bonds is 6. The molecule has 1 atom stereocenters. The predicted molar refractivity (Wildman–Crippen MR) is 117 cm³/mol. The molecule has 7 nitrogen and oxygen atoms in total. The smallest absolute Gasteiger partial charge is 0.338 e. The molecule has 160 valence electrons. The van der Waals surface area contributed by atoms with Crippen LogP contribution in [0.1, 0.15) is 43.6 Å². The quantitative estimate of drug-likeness (QED) is 0.478. The van der Waals surface area contributed by atoms with Crippen molar-refractivity contribution in [2.75, 3.05) is 5.32 Å². The third-order valence-corrected chi connectivity index (χ3v) is 5.10. The number of ether oxygens (including phenoxy) is 1. The van der Waals surface area contributed by atoms with Crippen LogP contribution in [0.25, 0.3) is 0 Å². The fraction of sp³-hybridized carbons (Fsp3) is 0.120. The first-order chi connectivity index (χ1) is 15.4. The van der Waals surface area contributed by atoms with Gasteiger partial charge in [0.1, 0.15) is 0 Å². The van der Waals surface area contributed by atoms with Gasteiger partial charge in [-0.15, -0.1) is 0 Å². The van der Waals surface area contributed by atoms with Crippen LogP contribution in [-0.4, -0.2) is 34.7 Å². The summed E-state index contributed by atoms with van der Waals surface area (Å²) >= 11 is 0. The fourth-order valence-electron chi connectivity index (χ4n) is 3.36. The summed E-state index contributed by atoms with van der Waals surface area (Å²) in [6.45, 7) is 1.59. The number of hydrogen-bond donors (Lipinski definition) is 1. The van der Waals surface area contributed by atoms with Crippen molar-refractivity contribution in [2.24, 2.45) is 0 Å². The Hall–Kier alpha value is -4.26. The first kappa shape index (κ1) is 21.0. The van der Waals surface area contributed by atoms with Crippen LogP contribution in [-0.2, 0) is 16.1 Å². The zero-order valence-electron chi connectivity index (χ0n) is 17.3. The zero-order chi connectivity index (χ0) is 22.7. The lowest BCUT2D eigenvalue weighted by molar-refractivity contribution is -0.123. The molecule has 4 rings (SSSR count). The number of anilines is 1. The highest BCUT2D eigenvalue weighted by Gasteiger charge is 2.34. The number of fused-ring (bicyclic) bond motifs is 1. The maximum Gasteiger partial charge on any atom is 0.338 e. The summed E-state index contributed by atoms with van der Waals surface area (Å²) in [5, 5.41) is 2.68. The van der Waals surface area contributed by atoms with Crippen molar-refractivity contribution in [1.82, 2.24) is 4.90 Å². The van der Waals surface area contributed by atoms with E-state index in [4.69, 9.17) is 4.74 Å². The van der Waals surface area contributed by atoms with Gasteiger partial charge < -0.3 is 10.1 Å². The molecule has 0 aliphatic carbocycles. The lowest BCUT2D eigenvalue weighted by Crippen LogP contribution is -2.30. The molecule has 0 saturated heterocycles. The van der Waals surface area contributed by atoms with Gasteiger partial charge in [-0.25, -0.2) is 4.79 Å². The molecule has 3 amide bonds. The summed E-state index contributed by atoms with van der Waals surface area (Å²) in [6.07, 6.45) is -0.985. The molecule has 1 aliphatic rings. The summed E-state index contributed by atoms with van der Waals surface area (Å²) in [7, 11) is 0. The molecular weight excluding hydrogens is 408 g/mol. The molecule has 3 aromatic carbocycles. The van der Waals surface area contributed by atoms with Crippen LogP contribution in [0.5, 0.6) is 0 Å². The maximum absolute atomic E-state index is 12.5. The number of carbonyl (C=O) groups excluding carboxylic acids is 4. The number of nitrogens with one attached hydrogen (secondary N) is 1. The second-order valence-corrected chi connectivity index (χ2v) is 7.34. The van der Waals surface area contributed by atoms with Gasteiger partial charge in [0.05, 0.1) is 23.2 Å². The molecule has 0 saturated carbocycles. The Morgan fingerprint density at radius 1 is 0.844 bits per heavy atom. The van der Waals surface area contributed by atoms with Crippen LogP contribution >= 0.6 is 0 Å². The molecule has 3 aromatic rings. The fourth-order valence-corrected chi connectivity index (χ4v) is 3.36. The summed E-state index contributed by atoms with van der Waals surface area (Å²) in [5.41, 5.74) is 2.33. The highest BCUT2D eigenvalue weighted by Crippen LogP contribution is 2.24. The predicted octanol–water partition coefficient (Wildman–Crippen LogP) is 3.67. The van der Waals surface area contributed by atoms with Gasteiger partial charge in [-0.1, -0.05) is 42.5 Å². The highest BCUT2D eigenvalue weighted by molar-refractivity contribution is 6.21. The number of hydrogen-bond acceptors (Lipinski definition) is 5. The number of benzene rings is 3. The van der Waals surface area contributed by atoms with Gasteiger partial charge >= 0.3 is 5.97 Å². The van der Waals surface area contributed by atoms with Gasteiger partial charge in [0.15, 0.2) is 6.10 Å². The number of para-hydroxylation sites is 1. The third kappa shape index (κ3) is 4.27. The van der Waals surface area contributed by atoms with Crippen molar-refractivity contribution in [2.45, 2.75) is 19.6 Å². The normalized spacial score (nSPS) is 13.5. The molecule has 0 aromatic heterocycles. The molecule has 1 N–H and O–H groups in total. The van der Waals surface area contributed by atoms with Crippen LogP contribution in [0.15, 0.2) is 78.9 Å². The van der Waals surface area contributed by atoms with E-state index in [-0.39, 0.29) is 23.9 Å². The van der Waals surface area contributed by atoms with Gasteiger partial charge in [0.2, 0.25) is 0 Å². The molecule has 0 bridgehead atoms. The maximum atomic E-state index is 12.5. The average Bonchev–Trinajstić information content (AvgIpc) is 3.05. The van der Waals surface area contributed by atoms with E-state index in [2.05, 4.69) is 5.32 Å². The minimum atomic E-state index is -0.985. The lowest BCUT2D eigenvalue weighted by Gasteiger charge is -2.15. The molecule has 32 heavy (non-hydrogen) atoms. The molecule has 7 heteroatoms. The van der Waals surface area contributed by atoms with E-state index in [0.29, 0.717) is 22.4 Å². The molecule has 0 radical (unpaired) electrons. The van der Waals surface area contributed by atoms with Crippen molar-refractivity contribution in [3.05, 3.63) is 101 Å². The monoisotopic (exact) mass is 428 g/mol. The zero-order valence-corrected chi connectivity index (χ0v) is 17.3. The van der Waals surface area contributed by atoms with E-state index < -0.39 is 18.0 Å². The van der Waals surface area contributed by atoms with Crippen LogP contribution in [0.2, 0.25) is 0 Å². The van der Waals surface area contributed by atoms with Crippen molar-refractivity contribution in [3.63, 3.8) is 0 Å². The Kier molecular flexibility index (Phi) is 5.81. The molecule has 1 heterocycles. The number of imide groups is 1. The first-order valence-corrected chi connectivity index (χ1v) is 10.0. The van der Waals surface area contributed by atoms with Crippen LogP contribution < -0.4 is 5.32 Å². The van der Waals surface area contributed by atoms with E-state index >= 15 is 0 Å². The van der Waals surface area contributed by atoms with Gasteiger partial charge in [-0.05, 0) is 48.9 Å². The van der Waals surface area contributed by atoms with Crippen LogP contribution in [0.3, 0.4) is 0 Å². The Labute approximate surface area is 184 Å². The van der Waals surface area contributed by atoms with Gasteiger partial charge in [0.25, 0.3) is 17.7 Å². The standard InChI is InChI=1S/C25H20N2O5/c1-16(22(28)26-19-7-3-2-4-8-19)32-25(31)18-13-11-17(12-14-18)15-27-23(29)20-9-5-6-10-21(20)24(27)30/h2-14,16H,15H2,1H3,(H,26,28). The second kappa shape index (κ2) is 8.85. The minimum Gasteiger partial charge on any atom is -0.449 e. The van der Waals surface area contributed by atoms with E-state index in [1.54, 1.807) is 60.7 Å². The van der Waals surface area contributed by atoms with Gasteiger partial charge in [0, 0.05) is 5.69 Å². The summed E-state index contributed by atoms with van der Waals surface area (Å²) in [4.78, 5) is 50.8. The largest absolute Gasteiger partial charge is 0.449 e. The second-order valence-electron chi connectivity index (χ2n) is 7.34. The number of amides is 3. The molecule has 0 fully saturated rings. The van der Waals surface area contributed by atoms with Crippen molar-refractivity contribution >= 4 is 29.4 Å². The lowest BCUT2D eigenvalue weighted by atomic mass is 10.1. The number of esters is 1. The van der Waals surface area contributed by atoms with Crippen LogP contribution in [0, 0.1) is 0 Å². The Bertz CT molecular complexity index is 1150. The topological polar surface area (TPSA) is 92.8 Å². The highest BCUT2D eigenvalue weighted by atomic mass is 16.5. The first-order valence-electron chi connectivity index (χ1n) is 10.0. The van der Waals surface area contributed by atoms with Crippen molar-refractivity contribution in [1.29, 1.82) is 0 Å². The number of nitrogens with zero attached hydrogens (tertiary/aromatic N) is 1. The molecule has 0 spiro atoms. The Morgan fingerprint density at radius 3 is 2.00 bits per heavy atom. The van der Waals surface area contributed by atoms with Crippen LogP contribution in [0.4, 0.5) is 5.69 Å². The average molecular weight is 428 g/mol. The third-order valence-electron chi connectivity index (χ3n) is 5.10. The van der Waals surface area contributed by atoms with Crippen molar-refractivity contribution in [3.8, 4) is 0 Å². The summed E-state index contributed by atoms with van der Waals surface area (Å²) in [6, 6.07) is 21.9. The molecule has 1 aliphatic heterocycles. The van der Waals surface area contributed by atoms with Gasteiger partial charge in [-0.2, -0.15) is 0 Å². The van der Waals surface area contributed by atoms with E-state index in [9.17, 15) is 19.2 Å². The number of carbonyl (C=O) groups is 4. The Balaban J connectivity index is 1.36. The Morgan fingerprint density at radius 2 is 1.41 bits per heavy atom. The van der Waals surface area contributed by atoms with E-state index in [1.165, 1.54) is 24.0 Å². The van der Waals surface area contributed by atoms with E-state index in [0.717, 1.165) is 0 Å². The van der Waals surface area contributed by atoms with E-state index in [1.807, 2.05) is 6.07 Å². The van der Waals surface area contributed by atoms with Gasteiger partial charge in [-0.3, -0.25) is 19.3 Å². The summed E-state index contributed by atoms with van der Waals surface area (Å²) < 4.78 is 5.25. The SMILES string of the molecule is CC(OC(=O)c1ccc(CN2C(=O)c3ccccc3C2=O)cc1)C(=O)Nc1ccccc1. The molecular formula is C25H20N2O5. The van der Waals surface area contributed by atoms with Crippen molar-refractivity contribution < 1.29 is 23.9 Å². The minimum absolute atomic E-state index is 0.0948. The molecule has 1 unspecified atom stereocenters. The summed E-state index contributed by atoms with van der Waals surface area (Å²) in [5.74, 6) is -1.76.